The van der Waals surface area contributed by atoms with Gasteiger partial charge in [0, 0.05) is 17.8 Å². The van der Waals surface area contributed by atoms with Crippen molar-refractivity contribution in [2.45, 2.75) is 57.9 Å². The molecule has 2 heteroatoms. The van der Waals surface area contributed by atoms with Crippen LogP contribution in [0.25, 0.3) is 0 Å². The molecule has 0 bridgehead atoms. The van der Waals surface area contributed by atoms with Crippen LogP contribution in [0, 0.1) is 0 Å². The molecule has 0 amide bonds. The van der Waals surface area contributed by atoms with E-state index in [9.17, 15) is 0 Å². The topological polar surface area (TPSA) is 38.0 Å². The predicted molar refractivity (Wildman–Crippen MR) is 71.2 cm³/mol. The monoisotopic (exact) mass is 222 g/mol. The molecule has 1 aliphatic carbocycles. The minimum atomic E-state index is -0.147. The lowest BCUT2D eigenvalue weighted by molar-refractivity contribution is 0.574. The normalized spacial score (nSPS) is 24.3. The Balaban J connectivity index is 2.07. The summed E-state index contributed by atoms with van der Waals surface area (Å²) in [6.07, 6.45) is 14.0. The van der Waals surface area contributed by atoms with Gasteiger partial charge in [0.15, 0.2) is 0 Å². The molecule has 0 saturated heterocycles. The first-order valence-electron chi connectivity index (χ1n) is 6.56. The fourth-order valence-corrected chi connectivity index (χ4v) is 1.84. The molecule has 0 aromatic carbocycles. The van der Waals surface area contributed by atoms with Crippen LogP contribution in [-0.2, 0) is 0 Å². The molecule has 0 aliphatic heterocycles. The second-order valence-electron chi connectivity index (χ2n) is 5.04. The number of hydrogen-bond donors (Lipinski definition) is 2. The van der Waals surface area contributed by atoms with Crippen molar-refractivity contribution in [2.75, 3.05) is 6.54 Å². The molecule has 1 unspecified atom stereocenters. The molecular weight excluding hydrogens is 196 g/mol. The molecule has 92 valence electrons. The van der Waals surface area contributed by atoms with E-state index >= 15 is 0 Å². The summed E-state index contributed by atoms with van der Waals surface area (Å²) in [5.41, 5.74) is 7.08. The maximum Gasteiger partial charge on any atom is 0.0350 e. The Hall–Kier alpha value is -0.760. The van der Waals surface area contributed by atoms with E-state index in [4.69, 9.17) is 5.73 Å². The van der Waals surface area contributed by atoms with E-state index in [0.29, 0.717) is 0 Å². The summed E-state index contributed by atoms with van der Waals surface area (Å²) in [5.74, 6) is 0. The first kappa shape index (κ1) is 13.3. The molecule has 1 rings (SSSR count). The van der Waals surface area contributed by atoms with E-state index in [1.807, 2.05) is 0 Å². The average Bonchev–Trinajstić information content (AvgIpc) is 2.25. The van der Waals surface area contributed by atoms with E-state index in [1.54, 1.807) is 0 Å². The quantitative estimate of drug-likeness (QED) is 0.650. The van der Waals surface area contributed by atoms with Gasteiger partial charge in [-0.1, -0.05) is 44.8 Å². The van der Waals surface area contributed by atoms with Gasteiger partial charge < -0.3 is 11.1 Å². The second kappa shape index (κ2) is 6.74. The zero-order valence-corrected chi connectivity index (χ0v) is 10.8. The molecule has 0 aromatic heterocycles. The van der Waals surface area contributed by atoms with Crippen LogP contribution in [0.4, 0.5) is 0 Å². The van der Waals surface area contributed by atoms with Gasteiger partial charge in [-0.25, -0.2) is 0 Å². The number of hydrogen-bond acceptors (Lipinski definition) is 2. The smallest absolute Gasteiger partial charge is 0.0350 e. The van der Waals surface area contributed by atoms with E-state index in [1.165, 1.54) is 37.8 Å². The van der Waals surface area contributed by atoms with E-state index in [-0.39, 0.29) is 5.54 Å². The molecule has 2 nitrogen and oxygen atoms in total. The van der Waals surface area contributed by atoms with E-state index < -0.39 is 0 Å². The molecule has 0 spiro atoms. The lowest BCUT2D eigenvalue weighted by Gasteiger charge is -2.23. The molecule has 1 atom stereocenters. The third-order valence-electron chi connectivity index (χ3n) is 3.01. The van der Waals surface area contributed by atoms with Gasteiger partial charge >= 0.3 is 0 Å². The Morgan fingerprint density at radius 1 is 1.31 bits per heavy atom. The van der Waals surface area contributed by atoms with Crippen molar-refractivity contribution in [3.63, 3.8) is 0 Å². The predicted octanol–water partition coefficient (Wildman–Crippen LogP) is 3.11. The zero-order valence-electron chi connectivity index (χ0n) is 10.8. The van der Waals surface area contributed by atoms with Gasteiger partial charge in [-0.05, 0) is 25.8 Å². The maximum atomic E-state index is 5.99. The van der Waals surface area contributed by atoms with Gasteiger partial charge in [0.2, 0.25) is 0 Å². The summed E-state index contributed by atoms with van der Waals surface area (Å²) >= 11 is 0. The van der Waals surface area contributed by atoms with Crippen LogP contribution in [0.3, 0.4) is 0 Å². The zero-order chi connectivity index (χ0) is 11.9. The van der Waals surface area contributed by atoms with Crippen molar-refractivity contribution in [1.29, 1.82) is 0 Å². The first-order chi connectivity index (χ1) is 7.64. The highest BCUT2D eigenvalue weighted by molar-refractivity contribution is 5.26. The third kappa shape index (κ3) is 5.36. The second-order valence-corrected chi connectivity index (χ2v) is 5.04. The summed E-state index contributed by atoms with van der Waals surface area (Å²) in [5, 5.41) is 3.46. The van der Waals surface area contributed by atoms with Gasteiger partial charge in [0.25, 0.3) is 0 Å². The lowest BCUT2D eigenvalue weighted by Crippen LogP contribution is -2.35. The Morgan fingerprint density at radius 2 is 2.06 bits per heavy atom. The van der Waals surface area contributed by atoms with Crippen LogP contribution in [0.15, 0.2) is 23.9 Å². The standard InChI is InChI=1S/C14H26N2/c1-3-4-5-6-7-12-16-13-8-10-14(2,15)11-9-13/h8-10,16H,3-7,11-12,15H2,1-2H3. The highest BCUT2D eigenvalue weighted by Gasteiger charge is 2.15. The Labute approximate surface area is 100.0 Å². The molecule has 0 fully saturated rings. The molecule has 1 aliphatic rings. The molecule has 3 N–H and O–H groups in total. The maximum absolute atomic E-state index is 5.99. The minimum Gasteiger partial charge on any atom is -0.385 e. The van der Waals surface area contributed by atoms with Crippen LogP contribution < -0.4 is 11.1 Å². The van der Waals surface area contributed by atoms with Crippen molar-refractivity contribution >= 4 is 0 Å². The first-order valence-corrected chi connectivity index (χ1v) is 6.56. The van der Waals surface area contributed by atoms with Crippen LogP contribution in [-0.4, -0.2) is 12.1 Å². The van der Waals surface area contributed by atoms with Gasteiger partial charge in [-0.2, -0.15) is 0 Å². The Bertz CT molecular complexity index is 251. The molecular formula is C14H26N2. The Morgan fingerprint density at radius 3 is 2.69 bits per heavy atom. The van der Waals surface area contributed by atoms with Crippen molar-refractivity contribution in [3.8, 4) is 0 Å². The highest BCUT2D eigenvalue weighted by Crippen LogP contribution is 2.16. The molecule has 0 radical (unpaired) electrons. The SMILES string of the molecule is CCCCCCCNC1=CCC(C)(N)C=C1. The van der Waals surface area contributed by atoms with Gasteiger partial charge in [-0.15, -0.1) is 0 Å². The average molecular weight is 222 g/mol. The fourth-order valence-electron chi connectivity index (χ4n) is 1.84. The van der Waals surface area contributed by atoms with Crippen molar-refractivity contribution in [3.05, 3.63) is 23.9 Å². The number of rotatable bonds is 7. The molecule has 16 heavy (non-hydrogen) atoms. The molecule has 0 saturated carbocycles. The fraction of sp³-hybridized carbons (Fsp3) is 0.714. The van der Waals surface area contributed by atoms with Crippen LogP contribution in [0.1, 0.15) is 52.4 Å². The summed E-state index contributed by atoms with van der Waals surface area (Å²) in [6, 6.07) is 0. The number of unbranched alkanes of at least 4 members (excludes halogenated alkanes) is 4. The van der Waals surface area contributed by atoms with E-state index in [2.05, 4.69) is 37.4 Å². The number of nitrogens with two attached hydrogens (primary N) is 1. The van der Waals surface area contributed by atoms with E-state index in [0.717, 1.165) is 13.0 Å². The minimum absolute atomic E-state index is 0.147. The van der Waals surface area contributed by atoms with Crippen molar-refractivity contribution in [2.24, 2.45) is 5.73 Å². The molecule has 0 heterocycles. The van der Waals surface area contributed by atoms with Crippen molar-refractivity contribution < 1.29 is 0 Å². The Kier molecular flexibility index (Phi) is 5.61. The van der Waals surface area contributed by atoms with Crippen LogP contribution in [0.5, 0.6) is 0 Å². The van der Waals surface area contributed by atoms with Gasteiger partial charge in [-0.3, -0.25) is 0 Å². The van der Waals surface area contributed by atoms with Crippen molar-refractivity contribution in [1.82, 2.24) is 5.32 Å². The van der Waals surface area contributed by atoms with Gasteiger partial charge in [0.05, 0.1) is 0 Å². The summed E-state index contributed by atoms with van der Waals surface area (Å²) in [7, 11) is 0. The third-order valence-corrected chi connectivity index (χ3v) is 3.01. The summed E-state index contributed by atoms with van der Waals surface area (Å²) in [4.78, 5) is 0. The van der Waals surface area contributed by atoms with Crippen LogP contribution in [0.2, 0.25) is 0 Å². The highest BCUT2D eigenvalue weighted by atomic mass is 14.9. The number of nitrogens with one attached hydrogen (secondary N) is 1. The van der Waals surface area contributed by atoms with Gasteiger partial charge in [0.1, 0.15) is 0 Å². The lowest BCUT2D eigenvalue weighted by atomic mass is 9.94. The summed E-state index contributed by atoms with van der Waals surface area (Å²) in [6.45, 7) is 5.39. The largest absolute Gasteiger partial charge is 0.385 e. The molecule has 0 aromatic rings. The summed E-state index contributed by atoms with van der Waals surface area (Å²) < 4.78 is 0. The number of allylic oxidation sites excluding steroid dienone is 1. The van der Waals surface area contributed by atoms with Crippen LogP contribution >= 0.6 is 0 Å².